The molecule has 1 atom stereocenters. The van der Waals surface area contributed by atoms with Crippen LogP contribution in [0.15, 0.2) is 30.5 Å². The number of hydrogen-bond acceptors (Lipinski definition) is 3. The van der Waals surface area contributed by atoms with E-state index in [1.165, 1.54) is 0 Å². The third-order valence-corrected chi connectivity index (χ3v) is 4.06. The van der Waals surface area contributed by atoms with Crippen molar-refractivity contribution in [2.24, 2.45) is 7.05 Å². The number of fused-ring (bicyclic) bond motifs is 1. The Labute approximate surface area is 135 Å². The highest BCUT2D eigenvalue weighted by Crippen LogP contribution is 2.34. The molecule has 2 aromatic rings. The molecule has 1 aromatic heterocycles. The summed E-state index contributed by atoms with van der Waals surface area (Å²) in [4.78, 5) is 27.2. The molecular weight excluding hydrogens is 292 g/mol. The average molecular weight is 312 g/mol. The molecule has 23 heavy (non-hydrogen) atoms. The Kier molecular flexibility index (Phi) is 3.90. The predicted molar refractivity (Wildman–Crippen MR) is 88.5 cm³/mol. The van der Waals surface area contributed by atoms with Gasteiger partial charge in [0, 0.05) is 13.2 Å². The van der Waals surface area contributed by atoms with Gasteiger partial charge in [-0.05, 0) is 25.5 Å². The van der Waals surface area contributed by atoms with E-state index < -0.39 is 6.04 Å². The van der Waals surface area contributed by atoms with Crippen LogP contribution >= 0.6 is 0 Å². The fourth-order valence-electron chi connectivity index (χ4n) is 3.01. The number of hydrogen-bond donors (Lipinski definition) is 1. The zero-order valence-electron chi connectivity index (χ0n) is 13.5. The normalized spacial score (nSPS) is 16.9. The van der Waals surface area contributed by atoms with E-state index in [1.807, 2.05) is 31.2 Å². The molecule has 6 nitrogen and oxygen atoms in total. The number of nitrogens with zero attached hydrogens (tertiary/aromatic N) is 3. The van der Waals surface area contributed by atoms with Crippen LogP contribution in [0.5, 0.6) is 0 Å². The first kappa shape index (κ1) is 15.3. The first-order valence-electron chi connectivity index (χ1n) is 7.76. The second-order valence-corrected chi connectivity index (χ2v) is 5.79. The fourth-order valence-corrected chi connectivity index (χ4v) is 3.01. The number of anilines is 2. The van der Waals surface area contributed by atoms with Crippen molar-refractivity contribution in [3.05, 3.63) is 41.7 Å². The number of aryl methyl sites for hydroxylation is 2. The average Bonchev–Trinajstić information content (AvgIpc) is 2.86. The van der Waals surface area contributed by atoms with Crippen LogP contribution in [-0.4, -0.2) is 27.6 Å². The Balaban J connectivity index is 2.10. The van der Waals surface area contributed by atoms with Gasteiger partial charge >= 0.3 is 0 Å². The number of carbonyl (C=O) groups excluding carboxylic acids is 2. The number of aromatic nitrogens is 2. The Hall–Kier alpha value is -2.63. The SMILES string of the molecule is CCC[C@H]1C(=O)Nc2ccccc2N1C(=O)c1cn(C)nc1C. The van der Waals surface area contributed by atoms with Crippen LogP contribution in [0.3, 0.4) is 0 Å². The number of carbonyl (C=O) groups is 2. The van der Waals surface area contributed by atoms with Gasteiger partial charge in [-0.2, -0.15) is 5.10 Å². The van der Waals surface area contributed by atoms with Gasteiger partial charge in [0.1, 0.15) is 6.04 Å². The van der Waals surface area contributed by atoms with Gasteiger partial charge in [0.05, 0.1) is 22.6 Å². The number of para-hydroxylation sites is 2. The zero-order chi connectivity index (χ0) is 16.6. The van der Waals surface area contributed by atoms with Gasteiger partial charge in [-0.1, -0.05) is 25.5 Å². The van der Waals surface area contributed by atoms with Crippen LogP contribution in [-0.2, 0) is 11.8 Å². The van der Waals surface area contributed by atoms with Crippen molar-refractivity contribution in [3.63, 3.8) is 0 Å². The van der Waals surface area contributed by atoms with E-state index in [0.29, 0.717) is 23.4 Å². The van der Waals surface area contributed by atoms with Crippen LogP contribution in [0.1, 0.15) is 35.8 Å². The Morgan fingerprint density at radius 1 is 1.35 bits per heavy atom. The number of rotatable bonds is 3. The zero-order valence-corrected chi connectivity index (χ0v) is 13.5. The lowest BCUT2D eigenvalue weighted by Gasteiger charge is -2.36. The molecule has 0 radical (unpaired) electrons. The Morgan fingerprint density at radius 2 is 2.09 bits per heavy atom. The molecule has 1 aromatic carbocycles. The fraction of sp³-hybridized carbons (Fsp3) is 0.353. The minimum atomic E-state index is -0.498. The summed E-state index contributed by atoms with van der Waals surface area (Å²) in [6, 6.07) is 6.89. The maximum atomic E-state index is 13.1. The van der Waals surface area contributed by atoms with Crippen molar-refractivity contribution in [1.82, 2.24) is 9.78 Å². The van der Waals surface area contributed by atoms with Gasteiger partial charge in [-0.15, -0.1) is 0 Å². The van der Waals surface area contributed by atoms with Crippen molar-refractivity contribution in [2.75, 3.05) is 10.2 Å². The second kappa shape index (κ2) is 5.87. The lowest BCUT2D eigenvalue weighted by atomic mass is 10.0. The van der Waals surface area contributed by atoms with Crippen molar-refractivity contribution < 1.29 is 9.59 Å². The molecule has 0 spiro atoms. The molecule has 120 valence electrons. The van der Waals surface area contributed by atoms with Gasteiger partial charge in [0.15, 0.2) is 0 Å². The van der Waals surface area contributed by atoms with Crippen LogP contribution in [0.25, 0.3) is 0 Å². The third-order valence-electron chi connectivity index (χ3n) is 4.06. The summed E-state index contributed by atoms with van der Waals surface area (Å²) in [6.45, 7) is 3.81. The van der Waals surface area contributed by atoms with Crippen LogP contribution < -0.4 is 10.2 Å². The standard InChI is InChI=1S/C17H20N4O2/c1-4-7-15-16(22)18-13-8-5-6-9-14(13)21(15)17(23)12-10-20(3)19-11(12)2/h5-6,8-10,15H,4,7H2,1-3H3,(H,18,22)/t15-/m0/s1. The highest BCUT2D eigenvalue weighted by atomic mass is 16.2. The highest BCUT2D eigenvalue weighted by molar-refractivity contribution is 6.16. The molecule has 2 amide bonds. The Bertz CT molecular complexity index is 766. The smallest absolute Gasteiger partial charge is 0.262 e. The van der Waals surface area contributed by atoms with Gasteiger partial charge < -0.3 is 5.32 Å². The minimum absolute atomic E-state index is 0.138. The summed E-state index contributed by atoms with van der Waals surface area (Å²) in [7, 11) is 1.78. The van der Waals surface area contributed by atoms with Crippen LogP contribution in [0.4, 0.5) is 11.4 Å². The highest BCUT2D eigenvalue weighted by Gasteiger charge is 2.37. The van der Waals surface area contributed by atoms with E-state index in [1.54, 1.807) is 29.7 Å². The van der Waals surface area contributed by atoms with Gasteiger partial charge in [-0.3, -0.25) is 19.2 Å². The van der Waals surface area contributed by atoms with Crippen LogP contribution in [0.2, 0.25) is 0 Å². The molecule has 0 bridgehead atoms. The first-order valence-corrected chi connectivity index (χ1v) is 7.76. The molecule has 1 aliphatic rings. The quantitative estimate of drug-likeness (QED) is 0.947. The topological polar surface area (TPSA) is 67.2 Å². The molecule has 0 unspecified atom stereocenters. The first-order chi connectivity index (χ1) is 11.0. The van der Waals surface area contributed by atoms with Crippen molar-refractivity contribution in [3.8, 4) is 0 Å². The number of amides is 2. The predicted octanol–water partition coefficient (Wildman–Crippen LogP) is 2.50. The molecular formula is C17H20N4O2. The maximum absolute atomic E-state index is 13.1. The van der Waals surface area contributed by atoms with E-state index in [4.69, 9.17) is 0 Å². The van der Waals surface area contributed by atoms with E-state index in [9.17, 15) is 9.59 Å². The van der Waals surface area contributed by atoms with E-state index in [-0.39, 0.29) is 11.8 Å². The number of benzene rings is 1. The van der Waals surface area contributed by atoms with Crippen molar-refractivity contribution >= 4 is 23.2 Å². The molecule has 3 rings (SSSR count). The molecule has 0 fully saturated rings. The van der Waals surface area contributed by atoms with Gasteiger partial charge in [0.25, 0.3) is 5.91 Å². The van der Waals surface area contributed by atoms with E-state index in [0.717, 1.165) is 12.1 Å². The molecule has 0 saturated carbocycles. The summed E-state index contributed by atoms with van der Waals surface area (Å²) in [6.07, 6.45) is 3.14. The summed E-state index contributed by atoms with van der Waals surface area (Å²) in [5, 5.41) is 7.14. The van der Waals surface area contributed by atoms with Crippen molar-refractivity contribution in [1.29, 1.82) is 0 Å². The summed E-state index contributed by atoms with van der Waals surface area (Å²) in [5.74, 6) is -0.322. The van der Waals surface area contributed by atoms with Gasteiger partial charge in [-0.25, -0.2) is 0 Å². The number of nitrogens with one attached hydrogen (secondary N) is 1. The second-order valence-electron chi connectivity index (χ2n) is 5.79. The minimum Gasteiger partial charge on any atom is -0.322 e. The largest absolute Gasteiger partial charge is 0.322 e. The molecule has 6 heteroatoms. The Morgan fingerprint density at radius 3 is 2.74 bits per heavy atom. The summed E-state index contributed by atoms with van der Waals surface area (Å²) >= 11 is 0. The lowest BCUT2D eigenvalue weighted by Crippen LogP contribution is -2.51. The molecule has 2 heterocycles. The summed E-state index contributed by atoms with van der Waals surface area (Å²) in [5.41, 5.74) is 2.59. The summed E-state index contributed by atoms with van der Waals surface area (Å²) < 4.78 is 1.62. The van der Waals surface area contributed by atoms with E-state index in [2.05, 4.69) is 10.4 Å². The van der Waals surface area contributed by atoms with Gasteiger partial charge in [0.2, 0.25) is 5.91 Å². The molecule has 0 aliphatic carbocycles. The van der Waals surface area contributed by atoms with Crippen molar-refractivity contribution in [2.45, 2.75) is 32.7 Å². The lowest BCUT2D eigenvalue weighted by molar-refractivity contribution is -0.117. The van der Waals surface area contributed by atoms with E-state index >= 15 is 0 Å². The molecule has 1 aliphatic heterocycles. The monoisotopic (exact) mass is 312 g/mol. The van der Waals surface area contributed by atoms with Crippen LogP contribution in [0, 0.1) is 6.92 Å². The maximum Gasteiger partial charge on any atom is 0.262 e. The molecule has 0 saturated heterocycles. The molecule has 1 N–H and O–H groups in total. The third kappa shape index (κ3) is 2.60.